The number of nitrogens with zero attached hydrogens (tertiary/aromatic N) is 3. The monoisotopic (exact) mass is 368 g/mol. The van der Waals surface area contributed by atoms with E-state index in [4.69, 9.17) is 4.74 Å². The van der Waals surface area contributed by atoms with Crippen LogP contribution in [0.1, 0.15) is 0 Å². The van der Waals surface area contributed by atoms with Crippen molar-refractivity contribution >= 4 is 34.4 Å². The van der Waals surface area contributed by atoms with Gasteiger partial charge in [-0.15, -0.1) is 0 Å². The van der Waals surface area contributed by atoms with Crippen LogP contribution in [0.4, 0.5) is 5.69 Å². The van der Waals surface area contributed by atoms with Gasteiger partial charge in [-0.25, -0.2) is 9.97 Å². The molecule has 1 N–H and O–H groups in total. The third-order valence-electron chi connectivity index (χ3n) is 3.65. The average Bonchev–Trinajstić information content (AvgIpc) is 2.67. The highest BCUT2D eigenvalue weighted by atomic mass is 32.2. The second-order valence-corrected chi connectivity index (χ2v) is 6.01. The predicted octanol–water partition coefficient (Wildman–Crippen LogP) is 2.64. The van der Waals surface area contributed by atoms with Gasteiger partial charge in [-0.3, -0.25) is 14.2 Å². The molecule has 0 saturated carbocycles. The number of anilines is 1. The maximum absolute atomic E-state index is 12.9. The van der Waals surface area contributed by atoms with E-state index in [1.165, 1.54) is 29.5 Å². The Morgan fingerprint density at radius 2 is 2.19 bits per heavy atom. The molecule has 0 aliphatic rings. The van der Waals surface area contributed by atoms with Gasteiger partial charge in [0.25, 0.3) is 5.56 Å². The summed E-state index contributed by atoms with van der Waals surface area (Å²) >= 11 is 1.38. The van der Waals surface area contributed by atoms with Crippen LogP contribution in [0.15, 0.2) is 59.1 Å². The molecule has 26 heavy (non-hydrogen) atoms. The third-order valence-corrected chi connectivity index (χ3v) is 4.21. The fraction of sp³-hybridized carbons (Fsp3) is 0.111. The second kappa shape index (κ2) is 7.40. The van der Waals surface area contributed by atoms with Crippen molar-refractivity contribution in [3.63, 3.8) is 0 Å². The van der Waals surface area contributed by atoms with Crippen molar-refractivity contribution in [1.82, 2.24) is 14.5 Å². The molecule has 0 aliphatic carbocycles. The highest BCUT2D eigenvalue weighted by Gasteiger charge is 2.14. The molecule has 0 unspecified atom stereocenters. The van der Waals surface area contributed by atoms with Crippen LogP contribution in [0.2, 0.25) is 0 Å². The predicted molar refractivity (Wildman–Crippen MR) is 102 cm³/mol. The van der Waals surface area contributed by atoms with Gasteiger partial charge < -0.3 is 10.1 Å². The van der Waals surface area contributed by atoms with Gasteiger partial charge in [-0.2, -0.15) is 0 Å². The van der Waals surface area contributed by atoms with Gasteiger partial charge in [-0.1, -0.05) is 24.4 Å². The molecule has 3 rings (SSSR count). The minimum atomic E-state index is -0.349. The fourth-order valence-electron chi connectivity index (χ4n) is 2.46. The minimum Gasteiger partial charge on any atom is -0.491 e. The topological polar surface area (TPSA) is 86.1 Å². The SMILES string of the molecule is C=CC(=O)Nc1cccc(-n2c(=O)c(OC)cc3cnc(SC)nc32)c1. The number of amides is 1. The first-order valence-corrected chi connectivity index (χ1v) is 8.84. The molecule has 0 bridgehead atoms. The molecule has 0 radical (unpaired) electrons. The van der Waals surface area contributed by atoms with Gasteiger partial charge in [0.15, 0.2) is 16.6 Å². The summed E-state index contributed by atoms with van der Waals surface area (Å²) < 4.78 is 6.65. The Morgan fingerprint density at radius 3 is 2.88 bits per heavy atom. The summed E-state index contributed by atoms with van der Waals surface area (Å²) in [5.41, 5.74) is 1.20. The summed E-state index contributed by atoms with van der Waals surface area (Å²) in [6.07, 6.45) is 4.69. The molecule has 0 spiro atoms. The number of rotatable bonds is 5. The van der Waals surface area contributed by atoms with Crippen LogP contribution in [0.3, 0.4) is 0 Å². The average molecular weight is 368 g/mol. The van der Waals surface area contributed by atoms with Crippen LogP contribution in [0.5, 0.6) is 5.75 Å². The van der Waals surface area contributed by atoms with Crippen LogP contribution in [-0.2, 0) is 4.79 Å². The Morgan fingerprint density at radius 1 is 1.38 bits per heavy atom. The minimum absolute atomic E-state index is 0.179. The standard InChI is InChI=1S/C18H16N4O3S/c1-4-15(23)20-12-6-5-7-13(9-12)22-16-11(8-14(25-2)17(22)24)10-19-18(21-16)26-3/h4-10H,1H2,2-3H3,(H,20,23). The van der Waals surface area contributed by atoms with E-state index in [0.717, 1.165) is 0 Å². The zero-order chi connectivity index (χ0) is 18.7. The highest BCUT2D eigenvalue weighted by molar-refractivity contribution is 7.98. The van der Waals surface area contributed by atoms with Crippen molar-refractivity contribution < 1.29 is 9.53 Å². The molecule has 0 saturated heterocycles. The van der Waals surface area contributed by atoms with Gasteiger partial charge in [-0.05, 0) is 36.6 Å². The van der Waals surface area contributed by atoms with Crippen LogP contribution in [-0.4, -0.2) is 33.8 Å². The van der Waals surface area contributed by atoms with E-state index in [0.29, 0.717) is 27.6 Å². The Bertz CT molecular complexity index is 1060. The molecule has 1 amide bonds. The zero-order valence-electron chi connectivity index (χ0n) is 14.2. The summed E-state index contributed by atoms with van der Waals surface area (Å²) in [6, 6.07) is 8.51. The largest absolute Gasteiger partial charge is 0.491 e. The van der Waals surface area contributed by atoms with E-state index >= 15 is 0 Å². The van der Waals surface area contributed by atoms with Crippen molar-refractivity contribution in [1.29, 1.82) is 0 Å². The van der Waals surface area contributed by atoms with Gasteiger partial charge in [0, 0.05) is 17.3 Å². The van der Waals surface area contributed by atoms with E-state index in [2.05, 4.69) is 21.9 Å². The lowest BCUT2D eigenvalue weighted by atomic mass is 10.2. The number of benzene rings is 1. The number of methoxy groups -OCH3 is 1. The fourth-order valence-corrected chi connectivity index (χ4v) is 2.79. The van der Waals surface area contributed by atoms with Crippen molar-refractivity contribution in [2.24, 2.45) is 0 Å². The number of fused-ring (bicyclic) bond motifs is 1. The lowest BCUT2D eigenvalue weighted by Crippen LogP contribution is -2.21. The molecule has 3 aromatic rings. The molecule has 8 heteroatoms. The molecular formula is C18H16N4O3S. The number of aromatic nitrogens is 3. The Hall–Kier alpha value is -3.13. The van der Waals surface area contributed by atoms with Crippen LogP contribution in [0, 0.1) is 0 Å². The van der Waals surface area contributed by atoms with E-state index in [-0.39, 0.29) is 17.2 Å². The van der Waals surface area contributed by atoms with E-state index in [1.54, 1.807) is 36.5 Å². The highest BCUT2D eigenvalue weighted by Crippen LogP contribution is 2.22. The Kier molecular flexibility index (Phi) is 5.04. The smallest absolute Gasteiger partial charge is 0.299 e. The summed E-state index contributed by atoms with van der Waals surface area (Å²) in [5, 5.41) is 3.89. The second-order valence-electron chi connectivity index (χ2n) is 5.23. The first-order valence-electron chi connectivity index (χ1n) is 7.62. The molecule has 2 aromatic heterocycles. The summed E-state index contributed by atoms with van der Waals surface area (Å²) in [5.74, 6) is -0.157. The molecule has 0 aliphatic heterocycles. The maximum atomic E-state index is 12.9. The lowest BCUT2D eigenvalue weighted by Gasteiger charge is -2.13. The molecule has 132 valence electrons. The molecule has 0 fully saturated rings. The van der Waals surface area contributed by atoms with Crippen LogP contribution >= 0.6 is 11.8 Å². The number of thioether (sulfide) groups is 1. The van der Waals surface area contributed by atoms with Crippen molar-refractivity contribution in [2.75, 3.05) is 18.7 Å². The number of hydrogen-bond donors (Lipinski definition) is 1. The quantitative estimate of drug-likeness (QED) is 0.423. The first-order chi connectivity index (χ1) is 12.6. The normalized spacial score (nSPS) is 10.5. The van der Waals surface area contributed by atoms with Crippen molar-refractivity contribution in [3.05, 3.63) is 59.5 Å². The molecule has 7 nitrogen and oxygen atoms in total. The van der Waals surface area contributed by atoms with Gasteiger partial charge in [0.2, 0.25) is 5.91 Å². The maximum Gasteiger partial charge on any atom is 0.299 e. The number of carbonyl (C=O) groups excluding carboxylic acids is 1. The van der Waals surface area contributed by atoms with E-state index in [1.807, 2.05) is 6.26 Å². The lowest BCUT2D eigenvalue weighted by molar-refractivity contribution is -0.111. The van der Waals surface area contributed by atoms with Gasteiger partial charge >= 0.3 is 0 Å². The number of carbonyl (C=O) groups is 1. The molecule has 0 atom stereocenters. The molecule has 1 aromatic carbocycles. The van der Waals surface area contributed by atoms with E-state index in [9.17, 15) is 9.59 Å². The van der Waals surface area contributed by atoms with Crippen LogP contribution in [0.25, 0.3) is 16.7 Å². The summed E-state index contributed by atoms with van der Waals surface area (Å²) in [4.78, 5) is 33.1. The van der Waals surface area contributed by atoms with E-state index < -0.39 is 0 Å². The summed E-state index contributed by atoms with van der Waals surface area (Å²) in [7, 11) is 1.44. The number of hydrogen-bond acceptors (Lipinski definition) is 6. The Balaban J connectivity index is 2.27. The molecule has 2 heterocycles. The summed E-state index contributed by atoms with van der Waals surface area (Å²) in [6.45, 7) is 3.43. The molecular weight excluding hydrogens is 352 g/mol. The third kappa shape index (κ3) is 3.31. The number of ether oxygens (including phenoxy) is 1. The zero-order valence-corrected chi connectivity index (χ0v) is 15.0. The van der Waals surface area contributed by atoms with Crippen molar-refractivity contribution in [3.8, 4) is 11.4 Å². The number of pyridine rings is 1. The van der Waals surface area contributed by atoms with Crippen molar-refractivity contribution in [2.45, 2.75) is 5.16 Å². The Labute approximate surface area is 153 Å². The first kappa shape index (κ1) is 17.7. The van der Waals surface area contributed by atoms with Gasteiger partial charge in [0.05, 0.1) is 12.8 Å². The van der Waals surface area contributed by atoms with Crippen LogP contribution < -0.4 is 15.6 Å². The van der Waals surface area contributed by atoms with Gasteiger partial charge in [0.1, 0.15) is 0 Å². The number of nitrogens with one attached hydrogen (secondary N) is 1.